The van der Waals surface area contributed by atoms with Crippen LogP contribution in [-0.2, 0) is 15.6 Å². The molecule has 10 heteroatoms. The maximum absolute atomic E-state index is 13.8. The van der Waals surface area contributed by atoms with Crippen LogP contribution >= 0.6 is 0 Å². The Balaban J connectivity index is 1.45. The number of primary amides is 1. The van der Waals surface area contributed by atoms with Crippen LogP contribution < -0.4 is 15.2 Å². The molecule has 6 rings (SSSR count). The summed E-state index contributed by atoms with van der Waals surface area (Å²) >= 11 is 0. The zero-order valence-electron chi connectivity index (χ0n) is 27.7. The fraction of sp³-hybridized carbons (Fsp3) is 0.342. The average Bonchev–Trinajstić information content (AvgIpc) is 3.50. The van der Waals surface area contributed by atoms with E-state index in [0.717, 1.165) is 18.4 Å². The second kappa shape index (κ2) is 13.1. The minimum Gasteiger partial charge on any atom is -0.493 e. The first kappa shape index (κ1) is 32.7. The van der Waals surface area contributed by atoms with Gasteiger partial charge in [-0.25, -0.2) is 9.78 Å². The first-order valence-electron chi connectivity index (χ1n) is 16.3. The van der Waals surface area contributed by atoms with Gasteiger partial charge in [-0.2, -0.15) is 4.98 Å². The monoisotopic (exact) mass is 648 g/mol. The Morgan fingerprint density at radius 3 is 2.12 bits per heavy atom. The van der Waals surface area contributed by atoms with E-state index >= 15 is 0 Å². The smallest absolute Gasteiger partial charge is 0.354 e. The lowest BCUT2D eigenvalue weighted by Gasteiger charge is -2.29. The Kier molecular flexibility index (Phi) is 8.92. The van der Waals surface area contributed by atoms with Crippen LogP contribution in [0.5, 0.6) is 17.2 Å². The lowest BCUT2D eigenvalue weighted by molar-refractivity contribution is -0.121. The average molecular weight is 649 g/mol. The van der Waals surface area contributed by atoms with Gasteiger partial charge in [-0.05, 0) is 96.1 Å². The van der Waals surface area contributed by atoms with E-state index in [9.17, 15) is 14.7 Å². The Hall–Kier alpha value is -5.25. The summed E-state index contributed by atoms with van der Waals surface area (Å²) in [5, 5.41) is 15.0. The number of carbonyl (C=O) groups excluding carboxylic acids is 1. The van der Waals surface area contributed by atoms with Crippen LogP contribution in [0.4, 0.5) is 0 Å². The van der Waals surface area contributed by atoms with Gasteiger partial charge in [0, 0.05) is 5.39 Å². The first-order valence-corrected chi connectivity index (χ1v) is 16.3. The Bertz CT molecular complexity index is 1940. The van der Waals surface area contributed by atoms with Gasteiger partial charge in [0.1, 0.15) is 22.9 Å². The summed E-state index contributed by atoms with van der Waals surface area (Å²) in [7, 11) is 0. The number of ether oxygens (including phenoxy) is 2. The summed E-state index contributed by atoms with van der Waals surface area (Å²) in [6.45, 7) is 8.65. The minimum absolute atomic E-state index is 0.00969. The number of pyridine rings is 1. The van der Waals surface area contributed by atoms with Crippen LogP contribution in [0.2, 0.25) is 0 Å². The van der Waals surface area contributed by atoms with Gasteiger partial charge in [-0.3, -0.25) is 4.79 Å². The Morgan fingerprint density at radius 1 is 0.875 bits per heavy atom. The molecule has 1 fully saturated rings. The molecule has 0 saturated heterocycles. The molecule has 2 aromatic heterocycles. The molecule has 1 aliphatic rings. The molecule has 1 aliphatic carbocycles. The molecule has 3 aromatic carbocycles. The van der Waals surface area contributed by atoms with Crippen molar-refractivity contribution in [2.75, 3.05) is 6.61 Å². The van der Waals surface area contributed by atoms with E-state index in [4.69, 9.17) is 19.7 Å². The highest BCUT2D eigenvalue weighted by Crippen LogP contribution is 2.42. The first-order chi connectivity index (χ1) is 22.9. The number of carboxylic acid groups (broad SMARTS) is 1. The molecular weight excluding hydrogens is 608 g/mol. The molecule has 1 saturated carbocycles. The van der Waals surface area contributed by atoms with E-state index in [1.807, 2.05) is 24.3 Å². The van der Waals surface area contributed by atoms with Crippen LogP contribution in [-0.4, -0.2) is 38.7 Å². The number of rotatable bonds is 10. The van der Waals surface area contributed by atoms with E-state index in [1.165, 1.54) is 25.3 Å². The summed E-state index contributed by atoms with van der Waals surface area (Å²) in [5.74, 6) is 0.237. The van der Waals surface area contributed by atoms with Gasteiger partial charge >= 0.3 is 5.97 Å². The Labute approximate surface area is 279 Å². The standard InChI is InChI=1S/C38H40N4O6/c1-23-40-36(48-42-23)38(35(39)45,27-12-14-28(15-13-27)46-22-24-8-6-5-7-9-24)33-31-19-18-30(20-25(31)21-32(41-33)34(43)44)47-29-16-10-26(11-17-29)37(2,3)4/h10-21,24H,5-9,22H2,1-4H3,(H2,39,45)(H,43,44). The van der Waals surface area contributed by atoms with Gasteiger partial charge in [0.15, 0.2) is 11.2 Å². The highest BCUT2D eigenvalue weighted by atomic mass is 16.5. The molecule has 5 aromatic rings. The number of nitrogens with two attached hydrogens (primary N) is 1. The number of benzene rings is 3. The second-order valence-electron chi connectivity index (χ2n) is 13.5. The molecular formula is C38H40N4O6. The predicted octanol–water partition coefficient (Wildman–Crippen LogP) is 7.49. The van der Waals surface area contributed by atoms with Crippen molar-refractivity contribution in [1.29, 1.82) is 0 Å². The highest BCUT2D eigenvalue weighted by Gasteiger charge is 2.50. The van der Waals surface area contributed by atoms with Crippen LogP contribution in [0.25, 0.3) is 10.8 Å². The second-order valence-corrected chi connectivity index (χ2v) is 13.5. The number of hydrogen-bond donors (Lipinski definition) is 2. The van der Waals surface area contributed by atoms with Gasteiger partial charge < -0.3 is 24.8 Å². The number of aromatic nitrogens is 3. The van der Waals surface area contributed by atoms with Crippen molar-refractivity contribution in [3.8, 4) is 17.2 Å². The lowest BCUT2D eigenvalue weighted by Crippen LogP contribution is -2.45. The van der Waals surface area contributed by atoms with Crippen molar-refractivity contribution in [3.05, 3.63) is 107 Å². The maximum Gasteiger partial charge on any atom is 0.354 e. The minimum atomic E-state index is -1.93. The number of fused-ring (bicyclic) bond motifs is 1. The molecule has 10 nitrogen and oxygen atoms in total. The lowest BCUT2D eigenvalue weighted by atomic mass is 9.74. The van der Waals surface area contributed by atoms with E-state index in [0.29, 0.717) is 46.1 Å². The zero-order valence-corrected chi connectivity index (χ0v) is 27.7. The summed E-state index contributed by atoms with van der Waals surface area (Å²) in [6.07, 6.45) is 5.99. The third-order valence-corrected chi connectivity index (χ3v) is 9.05. The van der Waals surface area contributed by atoms with Crippen molar-refractivity contribution in [3.63, 3.8) is 0 Å². The van der Waals surface area contributed by atoms with Crippen molar-refractivity contribution in [2.45, 2.75) is 70.6 Å². The predicted molar refractivity (Wildman–Crippen MR) is 181 cm³/mol. The van der Waals surface area contributed by atoms with Crippen LogP contribution in [0.15, 0.2) is 77.3 Å². The van der Waals surface area contributed by atoms with Crippen molar-refractivity contribution >= 4 is 22.6 Å². The van der Waals surface area contributed by atoms with Gasteiger partial charge in [0.25, 0.3) is 5.89 Å². The highest BCUT2D eigenvalue weighted by molar-refractivity contribution is 6.01. The normalized spacial score (nSPS) is 15.2. The molecule has 3 N–H and O–H groups in total. The largest absolute Gasteiger partial charge is 0.493 e. The molecule has 0 radical (unpaired) electrons. The topological polar surface area (TPSA) is 151 Å². The van der Waals surface area contributed by atoms with Crippen LogP contribution in [0.3, 0.4) is 0 Å². The fourth-order valence-electron chi connectivity index (χ4n) is 6.40. The van der Waals surface area contributed by atoms with E-state index < -0.39 is 17.3 Å². The summed E-state index contributed by atoms with van der Waals surface area (Å²) in [6, 6.07) is 21.4. The molecule has 0 aliphatic heterocycles. The number of amides is 1. The van der Waals surface area contributed by atoms with E-state index in [2.05, 4.69) is 35.9 Å². The molecule has 248 valence electrons. The van der Waals surface area contributed by atoms with E-state index in [-0.39, 0.29) is 28.5 Å². The molecule has 48 heavy (non-hydrogen) atoms. The molecule has 2 heterocycles. The third-order valence-electron chi connectivity index (χ3n) is 9.05. The number of hydrogen-bond acceptors (Lipinski definition) is 8. The molecule has 1 unspecified atom stereocenters. The molecule has 0 bridgehead atoms. The number of aromatic carboxylic acids is 1. The number of carboxylic acids is 1. The maximum atomic E-state index is 13.8. The zero-order chi connectivity index (χ0) is 34.1. The molecule has 1 amide bonds. The SMILES string of the molecule is Cc1noc(C(C(N)=O)(c2ccc(OCC3CCCCC3)cc2)c2nc(C(=O)O)cc3cc(Oc4ccc(C(C)(C)C)cc4)ccc23)n1. The van der Waals surface area contributed by atoms with Gasteiger partial charge in [-0.15, -0.1) is 0 Å². The van der Waals surface area contributed by atoms with E-state index in [1.54, 1.807) is 49.4 Å². The van der Waals surface area contributed by atoms with Crippen molar-refractivity contribution in [1.82, 2.24) is 15.1 Å². The van der Waals surface area contributed by atoms with Gasteiger partial charge in [0.2, 0.25) is 5.91 Å². The number of carbonyl (C=O) groups is 2. The van der Waals surface area contributed by atoms with Crippen molar-refractivity contribution in [2.24, 2.45) is 11.7 Å². The summed E-state index contributed by atoms with van der Waals surface area (Å²) in [5.41, 5.74) is 5.60. The van der Waals surface area contributed by atoms with Crippen LogP contribution in [0.1, 0.15) is 91.9 Å². The summed E-state index contributed by atoms with van der Waals surface area (Å²) < 4.78 is 17.9. The summed E-state index contributed by atoms with van der Waals surface area (Å²) in [4.78, 5) is 35.2. The third kappa shape index (κ3) is 6.47. The number of nitrogens with zero attached hydrogens (tertiary/aromatic N) is 3. The fourth-order valence-corrected chi connectivity index (χ4v) is 6.40. The van der Waals surface area contributed by atoms with Gasteiger partial charge in [-0.1, -0.05) is 69.5 Å². The molecule has 1 atom stereocenters. The van der Waals surface area contributed by atoms with Crippen LogP contribution in [0, 0.1) is 12.8 Å². The molecule has 0 spiro atoms. The Morgan fingerprint density at radius 2 is 1.52 bits per heavy atom. The number of aryl methyl sites for hydroxylation is 1. The quantitative estimate of drug-likeness (QED) is 0.157. The van der Waals surface area contributed by atoms with Gasteiger partial charge in [0.05, 0.1) is 12.3 Å². The van der Waals surface area contributed by atoms with Crippen molar-refractivity contribution < 1.29 is 28.7 Å².